The molecular formula is C17H16F3N3. The smallest absolute Gasteiger partial charge is 0.321 e. The highest BCUT2D eigenvalue weighted by Crippen LogP contribution is 2.34. The molecule has 2 heterocycles. The van der Waals surface area contributed by atoms with Crippen LogP contribution in [0, 0.1) is 0 Å². The number of aromatic nitrogens is 3. The van der Waals surface area contributed by atoms with Gasteiger partial charge in [0.05, 0.1) is 16.6 Å². The molecule has 3 nitrogen and oxygen atoms in total. The van der Waals surface area contributed by atoms with Crippen molar-refractivity contribution in [2.45, 2.75) is 32.5 Å². The lowest BCUT2D eigenvalue weighted by Gasteiger charge is -2.16. The summed E-state index contributed by atoms with van der Waals surface area (Å²) in [4.78, 5) is 8.52. The molecule has 2 aromatic heterocycles. The minimum absolute atomic E-state index is 0.0339. The van der Waals surface area contributed by atoms with Crippen LogP contribution < -0.4 is 0 Å². The van der Waals surface area contributed by atoms with Gasteiger partial charge < -0.3 is 4.57 Å². The Morgan fingerprint density at radius 1 is 1.13 bits per heavy atom. The third-order valence-corrected chi connectivity index (χ3v) is 3.99. The molecule has 3 aromatic rings. The van der Waals surface area contributed by atoms with Crippen molar-refractivity contribution in [3.8, 4) is 11.4 Å². The van der Waals surface area contributed by atoms with E-state index in [0.717, 1.165) is 18.1 Å². The molecule has 1 aromatic carbocycles. The van der Waals surface area contributed by atoms with Gasteiger partial charge in [0.2, 0.25) is 0 Å². The van der Waals surface area contributed by atoms with Crippen molar-refractivity contribution in [1.29, 1.82) is 0 Å². The number of fused-ring (bicyclic) bond motifs is 1. The van der Waals surface area contributed by atoms with Crippen LogP contribution in [0.1, 0.15) is 31.9 Å². The maximum Gasteiger partial charge on any atom is 0.416 e. The number of imidazole rings is 1. The third-order valence-electron chi connectivity index (χ3n) is 3.99. The summed E-state index contributed by atoms with van der Waals surface area (Å²) in [6.07, 6.45) is -0.275. The highest BCUT2D eigenvalue weighted by atomic mass is 19.4. The molecule has 0 radical (unpaired) electrons. The van der Waals surface area contributed by atoms with Gasteiger partial charge in [-0.15, -0.1) is 0 Å². The second-order valence-corrected chi connectivity index (χ2v) is 5.50. The fraction of sp³-hybridized carbons (Fsp3) is 0.294. The Morgan fingerprint density at radius 2 is 1.83 bits per heavy atom. The van der Waals surface area contributed by atoms with Crippen molar-refractivity contribution in [1.82, 2.24) is 14.5 Å². The van der Waals surface area contributed by atoms with Crippen LogP contribution >= 0.6 is 0 Å². The maximum atomic E-state index is 13.0. The summed E-state index contributed by atoms with van der Waals surface area (Å²) in [6, 6.07) is 7.34. The molecule has 0 saturated heterocycles. The van der Waals surface area contributed by atoms with Gasteiger partial charge in [-0.1, -0.05) is 6.92 Å². The quantitative estimate of drug-likeness (QED) is 0.673. The van der Waals surface area contributed by atoms with E-state index in [9.17, 15) is 13.2 Å². The van der Waals surface area contributed by atoms with Gasteiger partial charge in [0, 0.05) is 24.0 Å². The number of benzene rings is 1. The Hall–Kier alpha value is -2.37. The van der Waals surface area contributed by atoms with Gasteiger partial charge in [0.1, 0.15) is 5.82 Å². The first-order valence-electron chi connectivity index (χ1n) is 7.41. The van der Waals surface area contributed by atoms with Crippen LogP contribution in [0.5, 0.6) is 0 Å². The zero-order chi connectivity index (χ0) is 16.6. The fourth-order valence-corrected chi connectivity index (χ4v) is 2.60. The van der Waals surface area contributed by atoms with E-state index in [4.69, 9.17) is 0 Å². The number of halogens is 3. The zero-order valence-electron chi connectivity index (χ0n) is 12.8. The molecule has 0 saturated carbocycles. The van der Waals surface area contributed by atoms with E-state index in [1.165, 1.54) is 12.1 Å². The number of pyridine rings is 1. The second kappa shape index (κ2) is 5.68. The molecule has 23 heavy (non-hydrogen) atoms. The van der Waals surface area contributed by atoms with E-state index in [0.29, 0.717) is 16.9 Å². The SMILES string of the molecule is CCC(C)n1c(-c2ccncc2)nc2ccc(C(F)(F)F)cc21. The monoisotopic (exact) mass is 319 g/mol. The Labute approximate surface area is 131 Å². The van der Waals surface area contributed by atoms with Crippen molar-refractivity contribution >= 4 is 11.0 Å². The van der Waals surface area contributed by atoms with Gasteiger partial charge in [-0.25, -0.2) is 4.98 Å². The van der Waals surface area contributed by atoms with E-state index >= 15 is 0 Å². The third kappa shape index (κ3) is 2.81. The molecule has 0 N–H and O–H groups in total. The maximum absolute atomic E-state index is 13.0. The summed E-state index contributed by atoms with van der Waals surface area (Å²) in [5.41, 5.74) is 1.24. The summed E-state index contributed by atoms with van der Waals surface area (Å²) in [6.45, 7) is 3.98. The fourth-order valence-electron chi connectivity index (χ4n) is 2.60. The minimum atomic E-state index is -4.37. The summed E-state index contributed by atoms with van der Waals surface area (Å²) in [5, 5.41) is 0. The molecule has 6 heteroatoms. The van der Waals surface area contributed by atoms with Gasteiger partial charge in [-0.05, 0) is 43.7 Å². The zero-order valence-corrected chi connectivity index (χ0v) is 12.8. The number of hydrogen-bond donors (Lipinski definition) is 0. The van der Waals surface area contributed by atoms with Crippen LogP contribution in [0.3, 0.4) is 0 Å². The van der Waals surface area contributed by atoms with Crippen LogP contribution in [0.4, 0.5) is 13.2 Å². The van der Waals surface area contributed by atoms with E-state index in [1.807, 2.05) is 30.5 Å². The van der Waals surface area contributed by atoms with E-state index in [2.05, 4.69) is 9.97 Å². The van der Waals surface area contributed by atoms with Gasteiger partial charge in [-0.3, -0.25) is 4.98 Å². The minimum Gasteiger partial charge on any atom is -0.321 e. The Bertz CT molecular complexity index is 822. The van der Waals surface area contributed by atoms with Crippen molar-refractivity contribution in [3.05, 3.63) is 48.3 Å². The lowest BCUT2D eigenvalue weighted by molar-refractivity contribution is -0.137. The number of alkyl halides is 3. The first kappa shape index (κ1) is 15.5. The normalized spacial score (nSPS) is 13.4. The van der Waals surface area contributed by atoms with Crippen LogP contribution in [0.2, 0.25) is 0 Å². The van der Waals surface area contributed by atoms with Crippen LogP contribution in [0.25, 0.3) is 22.4 Å². The number of nitrogens with zero attached hydrogens (tertiary/aromatic N) is 3. The summed E-state index contributed by atoms with van der Waals surface area (Å²) < 4.78 is 40.9. The second-order valence-electron chi connectivity index (χ2n) is 5.50. The van der Waals surface area contributed by atoms with E-state index in [1.54, 1.807) is 12.4 Å². The Balaban J connectivity index is 2.29. The lowest BCUT2D eigenvalue weighted by atomic mass is 10.1. The molecule has 0 aliphatic carbocycles. The topological polar surface area (TPSA) is 30.7 Å². The van der Waals surface area contributed by atoms with Gasteiger partial charge in [0.25, 0.3) is 0 Å². The molecule has 120 valence electrons. The lowest BCUT2D eigenvalue weighted by Crippen LogP contribution is -2.08. The Kier molecular flexibility index (Phi) is 3.83. The predicted octanol–water partition coefficient (Wildman–Crippen LogP) is 5.09. The molecule has 0 aliphatic rings. The molecule has 0 spiro atoms. The van der Waals surface area contributed by atoms with Gasteiger partial charge in [0.15, 0.2) is 0 Å². The number of rotatable bonds is 3. The van der Waals surface area contributed by atoms with Gasteiger partial charge in [-0.2, -0.15) is 13.2 Å². The highest BCUT2D eigenvalue weighted by Gasteiger charge is 2.31. The molecule has 1 unspecified atom stereocenters. The van der Waals surface area contributed by atoms with Crippen LogP contribution in [-0.2, 0) is 6.18 Å². The van der Waals surface area contributed by atoms with E-state index < -0.39 is 11.7 Å². The average Bonchev–Trinajstić information content (AvgIpc) is 2.92. The van der Waals surface area contributed by atoms with Crippen LogP contribution in [0.15, 0.2) is 42.7 Å². The van der Waals surface area contributed by atoms with Crippen LogP contribution in [-0.4, -0.2) is 14.5 Å². The van der Waals surface area contributed by atoms with Crippen molar-refractivity contribution in [2.24, 2.45) is 0 Å². The first-order valence-corrected chi connectivity index (χ1v) is 7.41. The van der Waals surface area contributed by atoms with Crippen molar-refractivity contribution in [3.63, 3.8) is 0 Å². The van der Waals surface area contributed by atoms with Crippen molar-refractivity contribution in [2.75, 3.05) is 0 Å². The predicted molar refractivity (Wildman–Crippen MR) is 83.0 cm³/mol. The summed E-state index contributed by atoms with van der Waals surface area (Å²) in [7, 11) is 0. The molecule has 0 bridgehead atoms. The standard InChI is InChI=1S/C17H16F3N3/c1-3-11(2)23-15-10-13(17(18,19)20)4-5-14(15)22-16(23)12-6-8-21-9-7-12/h4-11H,3H2,1-2H3. The van der Waals surface area contributed by atoms with Crippen molar-refractivity contribution < 1.29 is 13.2 Å². The molecular weight excluding hydrogens is 303 g/mol. The number of hydrogen-bond acceptors (Lipinski definition) is 2. The summed E-state index contributed by atoms with van der Waals surface area (Å²) in [5.74, 6) is 0.663. The largest absolute Gasteiger partial charge is 0.416 e. The molecule has 3 rings (SSSR count). The Morgan fingerprint density at radius 3 is 2.43 bits per heavy atom. The summed E-state index contributed by atoms with van der Waals surface area (Å²) >= 11 is 0. The molecule has 0 fully saturated rings. The molecule has 0 aliphatic heterocycles. The van der Waals surface area contributed by atoms with Gasteiger partial charge >= 0.3 is 6.18 Å². The highest BCUT2D eigenvalue weighted by molar-refractivity contribution is 5.81. The first-order chi connectivity index (χ1) is 10.9. The molecule has 0 amide bonds. The average molecular weight is 319 g/mol. The molecule has 1 atom stereocenters. The van der Waals surface area contributed by atoms with E-state index in [-0.39, 0.29) is 6.04 Å².